The number of anilines is 1. The van der Waals surface area contributed by atoms with Crippen molar-refractivity contribution >= 4 is 5.82 Å². The van der Waals surface area contributed by atoms with E-state index in [1.807, 2.05) is 35.0 Å². The molecule has 0 fully saturated rings. The predicted molar refractivity (Wildman–Crippen MR) is 85.2 cm³/mol. The van der Waals surface area contributed by atoms with Crippen molar-refractivity contribution in [3.05, 3.63) is 41.6 Å². The van der Waals surface area contributed by atoms with Gasteiger partial charge in [0, 0.05) is 5.56 Å². The molecule has 0 aliphatic carbocycles. The summed E-state index contributed by atoms with van der Waals surface area (Å²) in [5.74, 6) is 1.81. The third kappa shape index (κ3) is 2.87. The molecule has 2 N–H and O–H groups in total. The monoisotopic (exact) mass is 271 g/mol. The van der Waals surface area contributed by atoms with Crippen LogP contribution < -0.4 is 5.73 Å². The van der Waals surface area contributed by atoms with E-state index in [4.69, 9.17) is 10.8 Å². The largest absolute Gasteiger partial charge is 0.383 e. The molecule has 3 nitrogen and oxygen atoms in total. The quantitative estimate of drug-likeness (QED) is 0.887. The molecule has 1 aromatic heterocycles. The molecule has 1 atom stereocenters. The van der Waals surface area contributed by atoms with Crippen molar-refractivity contribution in [2.75, 3.05) is 5.73 Å². The fourth-order valence-electron chi connectivity index (χ4n) is 2.51. The summed E-state index contributed by atoms with van der Waals surface area (Å²) >= 11 is 0. The average Bonchev–Trinajstić information content (AvgIpc) is 2.76. The number of nitrogens with two attached hydrogens (primary N) is 1. The van der Waals surface area contributed by atoms with Crippen molar-refractivity contribution in [1.82, 2.24) is 9.78 Å². The molecule has 2 rings (SSSR count). The van der Waals surface area contributed by atoms with Crippen LogP contribution in [0.5, 0.6) is 0 Å². The smallest absolute Gasteiger partial charge is 0.130 e. The van der Waals surface area contributed by atoms with Gasteiger partial charge in [0.05, 0.1) is 11.4 Å². The van der Waals surface area contributed by atoms with Gasteiger partial charge in [-0.25, -0.2) is 4.68 Å². The van der Waals surface area contributed by atoms with Crippen LogP contribution in [0.4, 0.5) is 5.82 Å². The average molecular weight is 271 g/mol. The Hall–Kier alpha value is -1.77. The van der Waals surface area contributed by atoms with Crippen LogP contribution in [0.25, 0.3) is 5.69 Å². The van der Waals surface area contributed by atoms with Crippen LogP contribution in [-0.4, -0.2) is 9.78 Å². The van der Waals surface area contributed by atoms with Gasteiger partial charge in [-0.2, -0.15) is 5.10 Å². The number of nitrogens with zero attached hydrogens (tertiary/aromatic N) is 2. The summed E-state index contributed by atoms with van der Waals surface area (Å²) in [4.78, 5) is 0. The molecule has 108 valence electrons. The minimum absolute atomic E-state index is 0.395. The molecular formula is C17H25N3. The van der Waals surface area contributed by atoms with Crippen molar-refractivity contribution in [2.24, 2.45) is 5.92 Å². The van der Waals surface area contributed by atoms with Crippen LogP contribution >= 0.6 is 0 Å². The Labute approximate surface area is 121 Å². The molecule has 0 aliphatic rings. The predicted octanol–water partition coefficient (Wildman–Crippen LogP) is 4.17. The summed E-state index contributed by atoms with van der Waals surface area (Å²) in [7, 11) is 0. The van der Waals surface area contributed by atoms with E-state index in [1.165, 1.54) is 5.56 Å². The molecule has 0 radical (unpaired) electrons. The minimum Gasteiger partial charge on any atom is -0.383 e. The SMILES string of the molecule is CCC(C)Cc1nn(-c2ccccc2)c(N)c1C(C)C. The van der Waals surface area contributed by atoms with Gasteiger partial charge < -0.3 is 5.73 Å². The van der Waals surface area contributed by atoms with Crippen LogP contribution in [0.3, 0.4) is 0 Å². The summed E-state index contributed by atoms with van der Waals surface area (Å²) in [5.41, 5.74) is 9.74. The summed E-state index contributed by atoms with van der Waals surface area (Å²) in [6.07, 6.45) is 2.16. The summed E-state index contributed by atoms with van der Waals surface area (Å²) in [6, 6.07) is 10.1. The number of hydrogen-bond donors (Lipinski definition) is 1. The third-order valence-corrected chi connectivity index (χ3v) is 3.85. The third-order valence-electron chi connectivity index (χ3n) is 3.85. The van der Waals surface area contributed by atoms with Crippen LogP contribution in [0.2, 0.25) is 0 Å². The second-order valence-corrected chi connectivity index (χ2v) is 5.87. The van der Waals surface area contributed by atoms with Crippen LogP contribution in [-0.2, 0) is 6.42 Å². The molecule has 1 heterocycles. The normalized spacial score (nSPS) is 12.8. The highest BCUT2D eigenvalue weighted by Gasteiger charge is 2.20. The lowest BCUT2D eigenvalue weighted by molar-refractivity contribution is 0.546. The molecule has 0 bridgehead atoms. The zero-order valence-corrected chi connectivity index (χ0v) is 12.9. The van der Waals surface area contributed by atoms with Crippen molar-refractivity contribution < 1.29 is 0 Å². The lowest BCUT2D eigenvalue weighted by Gasteiger charge is -2.10. The first-order chi connectivity index (χ1) is 9.54. The Morgan fingerprint density at radius 1 is 1.15 bits per heavy atom. The maximum Gasteiger partial charge on any atom is 0.130 e. The van der Waals surface area contributed by atoms with E-state index >= 15 is 0 Å². The van der Waals surface area contributed by atoms with Gasteiger partial charge in [0.1, 0.15) is 5.82 Å². The molecule has 0 saturated carbocycles. The van der Waals surface area contributed by atoms with E-state index in [0.717, 1.165) is 30.0 Å². The lowest BCUT2D eigenvalue weighted by atomic mass is 9.95. The second kappa shape index (κ2) is 6.12. The van der Waals surface area contributed by atoms with Crippen molar-refractivity contribution in [3.63, 3.8) is 0 Å². The van der Waals surface area contributed by atoms with Gasteiger partial charge >= 0.3 is 0 Å². The standard InChI is InChI=1S/C17H25N3/c1-5-13(4)11-15-16(12(2)3)17(18)20(19-15)14-9-7-6-8-10-14/h6-10,12-13H,5,11,18H2,1-4H3. The van der Waals surface area contributed by atoms with Gasteiger partial charge in [0.2, 0.25) is 0 Å². The fourth-order valence-corrected chi connectivity index (χ4v) is 2.51. The van der Waals surface area contributed by atoms with E-state index in [0.29, 0.717) is 11.8 Å². The number of benzene rings is 1. The molecule has 1 unspecified atom stereocenters. The highest BCUT2D eigenvalue weighted by atomic mass is 15.3. The highest BCUT2D eigenvalue weighted by Crippen LogP contribution is 2.29. The maximum absolute atomic E-state index is 6.35. The molecule has 0 amide bonds. The van der Waals surface area contributed by atoms with Crippen LogP contribution in [0.15, 0.2) is 30.3 Å². The molecule has 0 saturated heterocycles. The molecule has 0 aliphatic heterocycles. The molecule has 1 aromatic carbocycles. The first-order valence-electron chi connectivity index (χ1n) is 7.47. The molecule has 3 heteroatoms. The number of aromatic nitrogens is 2. The van der Waals surface area contributed by atoms with Crippen molar-refractivity contribution in [1.29, 1.82) is 0 Å². The summed E-state index contributed by atoms with van der Waals surface area (Å²) in [5, 5.41) is 4.78. The van der Waals surface area contributed by atoms with Crippen molar-refractivity contribution in [2.45, 2.75) is 46.5 Å². The Kier molecular flexibility index (Phi) is 4.48. The minimum atomic E-state index is 0.395. The topological polar surface area (TPSA) is 43.8 Å². The Morgan fingerprint density at radius 2 is 1.80 bits per heavy atom. The second-order valence-electron chi connectivity index (χ2n) is 5.87. The molecular weight excluding hydrogens is 246 g/mol. The number of para-hydroxylation sites is 1. The van der Waals surface area contributed by atoms with Gasteiger partial charge in [0.25, 0.3) is 0 Å². The van der Waals surface area contributed by atoms with Gasteiger partial charge in [-0.1, -0.05) is 52.3 Å². The van der Waals surface area contributed by atoms with E-state index in [2.05, 4.69) is 27.7 Å². The van der Waals surface area contributed by atoms with E-state index in [-0.39, 0.29) is 0 Å². The van der Waals surface area contributed by atoms with Crippen LogP contribution in [0.1, 0.15) is 51.3 Å². The van der Waals surface area contributed by atoms with E-state index in [9.17, 15) is 0 Å². The van der Waals surface area contributed by atoms with Gasteiger partial charge in [-0.3, -0.25) is 0 Å². The van der Waals surface area contributed by atoms with E-state index in [1.54, 1.807) is 0 Å². The Balaban J connectivity index is 2.47. The highest BCUT2D eigenvalue weighted by molar-refractivity contribution is 5.51. The number of nitrogen functional groups attached to an aromatic ring is 1. The first-order valence-corrected chi connectivity index (χ1v) is 7.47. The van der Waals surface area contributed by atoms with Crippen LogP contribution in [0, 0.1) is 5.92 Å². The number of rotatable bonds is 5. The molecule has 2 aromatic rings. The first kappa shape index (κ1) is 14.6. The Bertz CT molecular complexity index is 555. The molecule has 0 spiro atoms. The zero-order valence-electron chi connectivity index (χ0n) is 12.9. The lowest BCUT2D eigenvalue weighted by Crippen LogP contribution is -2.03. The van der Waals surface area contributed by atoms with Gasteiger partial charge in [-0.15, -0.1) is 0 Å². The maximum atomic E-state index is 6.35. The van der Waals surface area contributed by atoms with Gasteiger partial charge in [0.15, 0.2) is 0 Å². The summed E-state index contributed by atoms with van der Waals surface area (Å²) < 4.78 is 1.88. The summed E-state index contributed by atoms with van der Waals surface area (Å²) in [6.45, 7) is 8.85. The Morgan fingerprint density at radius 3 is 2.35 bits per heavy atom. The number of hydrogen-bond acceptors (Lipinski definition) is 2. The van der Waals surface area contributed by atoms with Gasteiger partial charge in [-0.05, 0) is 30.4 Å². The van der Waals surface area contributed by atoms with Crippen molar-refractivity contribution in [3.8, 4) is 5.69 Å². The zero-order chi connectivity index (χ0) is 14.7. The fraction of sp³-hybridized carbons (Fsp3) is 0.471. The molecule has 20 heavy (non-hydrogen) atoms. The van der Waals surface area contributed by atoms with E-state index < -0.39 is 0 Å².